The maximum absolute atomic E-state index is 12.9. The van der Waals surface area contributed by atoms with Gasteiger partial charge in [-0.3, -0.25) is 10.1 Å². The first-order valence-electron chi connectivity index (χ1n) is 10.3. The van der Waals surface area contributed by atoms with Crippen LogP contribution in [0.1, 0.15) is 31.1 Å². The zero-order valence-corrected chi connectivity index (χ0v) is 21.7. The molecule has 2 N–H and O–H groups in total. The fourth-order valence-corrected chi connectivity index (χ4v) is 4.15. The first kappa shape index (κ1) is 24.9. The fraction of sp³-hybridized carbons (Fsp3) is 0.261. The lowest BCUT2D eigenvalue weighted by Crippen LogP contribution is -2.34. The minimum atomic E-state index is -0.401. The largest absolute Gasteiger partial charge is 0.490 e. The van der Waals surface area contributed by atoms with Crippen LogP contribution >= 0.6 is 39.5 Å². The molecule has 0 saturated heterocycles. The van der Waals surface area contributed by atoms with Crippen LogP contribution in [0.15, 0.2) is 46.3 Å². The zero-order chi connectivity index (χ0) is 23.8. The number of amides is 1. The Hall–Kier alpha value is -2.69. The van der Waals surface area contributed by atoms with Gasteiger partial charge < -0.3 is 19.5 Å². The van der Waals surface area contributed by atoms with E-state index in [1.165, 1.54) is 11.3 Å². The van der Waals surface area contributed by atoms with E-state index in [-0.39, 0.29) is 5.11 Å². The number of benzene rings is 2. The van der Waals surface area contributed by atoms with Crippen molar-refractivity contribution in [3.8, 4) is 28.5 Å². The summed E-state index contributed by atoms with van der Waals surface area (Å²) in [5, 5.41) is 8.29. The van der Waals surface area contributed by atoms with Crippen molar-refractivity contribution >= 4 is 55.6 Å². The predicted molar refractivity (Wildman–Crippen MR) is 139 cm³/mol. The Balaban J connectivity index is 1.72. The Bertz CT molecular complexity index is 1090. The van der Waals surface area contributed by atoms with Crippen molar-refractivity contribution in [1.29, 1.82) is 0 Å². The number of halogens is 1. The monoisotopic (exact) mass is 549 g/mol. The van der Waals surface area contributed by atoms with Gasteiger partial charge in [0.25, 0.3) is 5.91 Å². The van der Waals surface area contributed by atoms with Crippen molar-refractivity contribution in [1.82, 2.24) is 10.3 Å². The summed E-state index contributed by atoms with van der Waals surface area (Å²) >= 11 is 10.1. The van der Waals surface area contributed by atoms with E-state index >= 15 is 0 Å². The van der Waals surface area contributed by atoms with Crippen LogP contribution < -0.4 is 24.8 Å². The number of nitrogens with zero attached hydrogens (tertiary/aromatic N) is 1. The minimum Gasteiger partial charge on any atom is -0.490 e. The number of hydrogen-bond donors (Lipinski definition) is 2. The molecule has 0 spiro atoms. The number of thiocarbonyl (C=S) groups is 1. The maximum Gasteiger partial charge on any atom is 0.257 e. The second-order valence-electron chi connectivity index (χ2n) is 6.55. The molecule has 0 unspecified atom stereocenters. The van der Waals surface area contributed by atoms with Crippen molar-refractivity contribution < 1.29 is 19.0 Å². The van der Waals surface area contributed by atoms with Crippen LogP contribution in [0.2, 0.25) is 0 Å². The van der Waals surface area contributed by atoms with Crippen molar-refractivity contribution in [3.05, 3.63) is 51.8 Å². The summed E-state index contributed by atoms with van der Waals surface area (Å²) in [5.74, 6) is 0.950. The highest BCUT2D eigenvalue weighted by Gasteiger charge is 2.19. The lowest BCUT2D eigenvalue weighted by atomic mass is 10.1. The molecular weight excluding hydrogens is 526 g/mol. The Morgan fingerprint density at radius 1 is 1.03 bits per heavy atom. The molecule has 0 radical (unpaired) electrons. The van der Waals surface area contributed by atoms with E-state index in [1.54, 1.807) is 12.1 Å². The summed E-state index contributed by atoms with van der Waals surface area (Å²) in [4.78, 5) is 17.4. The first-order valence-corrected chi connectivity index (χ1v) is 12.4. The van der Waals surface area contributed by atoms with E-state index < -0.39 is 5.91 Å². The number of thiazole rings is 1. The van der Waals surface area contributed by atoms with Crippen molar-refractivity contribution in [2.24, 2.45) is 0 Å². The molecule has 3 rings (SSSR count). The highest BCUT2D eigenvalue weighted by molar-refractivity contribution is 9.10. The normalized spacial score (nSPS) is 10.4. The number of carbonyl (C=O) groups excluding carboxylic acids is 1. The minimum absolute atomic E-state index is 0.140. The number of hydrogen-bond acceptors (Lipinski definition) is 7. The van der Waals surface area contributed by atoms with Crippen LogP contribution in [-0.4, -0.2) is 35.8 Å². The molecule has 0 bridgehead atoms. The number of aromatic nitrogens is 1. The smallest absolute Gasteiger partial charge is 0.257 e. The van der Waals surface area contributed by atoms with Crippen LogP contribution in [0.25, 0.3) is 11.3 Å². The topological polar surface area (TPSA) is 81.7 Å². The van der Waals surface area contributed by atoms with Crippen LogP contribution in [0.3, 0.4) is 0 Å². The molecule has 2 aromatic carbocycles. The number of carbonyl (C=O) groups is 1. The van der Waals surface area contributed by atoms with Crippen molar-refractivity contribution in [2.75, 3.05) is 25.1 Å². The predicted octanol–water partition coefficient (Wildman–Crippen LogP) is 5.90. The second-order valence-corrected chi connectivity index (χ2v) is 8.74. The first-order chi connectivity index (χ1) is 15.9. The van der Waals surface area contributed by atoms with Gasteiger partial charge in [-0.1, -0.05) is 28.1 Å². The molecule has 33 heavy (non-hydrogen) atoms. The summed E-state index contributed by atoms with van der Waals surface area (Å²) in [6.45, 7) is 6.87. The molecule has 7 nitrogen and oxygen atoms in total. The summed E-state index contributed by atoms with van der Waals surface area (Å²) in [5.41, 5.74) is 2.14. The molecule has 1 heterocycles. The van der Waals surface area contributed by atoms with Gasteiger partial charge in [0.15, 0.2) is 21.7 Å². The summed E-state index contributed by atoms with van der Waals surface area (Å²) in [7, 11) is 0. The Morgan fingerprint density at radius 2 is 1.64 bits per heavy atom. The number of rotatable bonds is 9. The van der Waals surface area contributed by atoms with E-state index in [0.717, 1.165) is 15.7 Å². The van der Waals surface area contributed by atoms with Gasteiger partial charge in [-0.15, -0.1) is 11.3 Å². The Morgan fingerprint density at radius 3 is 2.21 bits per heavy atom. The van der Waals surface area contributed by atoms with Crippen LogP contribution in [0.5, 0.6) is 17.2 Å². The fourth-order valence-electron chi connectivity index (χ4n) is 2.91. The molecule has 1 amide bonds. The molecule has 1 aromatic heterocycles. The third-order valence-electron chi connectivity index (χ3n) is 4.26. The highest BCUT2D eigenvalue weighted by Crippen LogP contribution is 2.39. The van der Waals surface area contributed by atoms with E-state index in [0.29, 0.717) is 47.8 Å². The molecule has 0 aliphatic rings. The standard InChI is InChI=1S/C23H24BrN3O4S2/c1-4-29-18-11-15(12-19(30-5-2)20(18)31-6-3)21(28)26-22(32)27-23-25-17(13-33-23)14-7-9-16(24)10-8-14/h7-13H,4-6H2,1-3H3,(H2,25,26,27,28,32). The molecule has 0 atom stereocenters. The molecule has 0 aliphatic carbocycles. The quantitative estimate of drug-likeness (QED) is 0.322. The molecule has 0 saturated carbocycles. The summed E-state index contributed by atoms with van der Waals surface area (Å²) < 4.78 is 18.0. The van der Waals surface area contributed by atoms with Gasteiger partial charge in [0.05, 0.1) is 25.5 Å². The van der Waals surface area contributed by atoms with Crippen LogP contribution in [0.4, 0.5) is 5.13 Å². The summed E-state index contributed by atoms with van der Waals surface area (Å²) in [6.07, 6.45) is 0. The Kier molecular flexibility index (Phi) is 9.04. The number of ether oxygens (including phenoxy) is 3. The highest BCUT2D eigenvalue weighted by atomic mass is 79.9. The van der Waals surface area contributed by atoms with E-state index in [9.17, 15) is 4.79 Å². The van der Waals surface area contributed by atoms with Gasteiger partial charge in [-0.05, 0) is 57.3 Å². The third kappa shape index (κ3) is 6.66. The zero-order valence-electron chi connectivity index (χ0n) is 18.4. The second kappa shape index (κ2) is 12.0. The average Bonchev–Trinajstić information content (AvgIpc) is 3.24. The molecule has 10 heteroatoms. The van der Waals surface area contributed by atoms with E-state index in [2.05, 4.69) is 31.5 Å². The van der Waals surface area contributed by atoms with Crippen molar-refractivity contribution in [2.45, 2.75) is 20.8 Å². The van der Waals surface area contributed by atoms with Gasteiger partial charge in [-0.25, -0.2) is 4.98 Å². The molecule has 0 aliphatic heterocycles. The van der Waals surface area contributed by atoms with Crippen LogP contribution in [-0.2, 0) is 0 Å². The van der Waals surface area contributed by atoms with E-state index in [1.807, 2.05) is 50.4 Å². The molecule has 0 fully saturated rings. The number of nitrogens with one attached hydrogen (secondary N) is 2. The van der Waals surface area contributed by atoms with Gasteiger partial charge in [0.1, 0.15) is 0 Å². The maximum atomic E-state index is 12.9. The lowest BCUT2D eigenvalue weighted by molar-refractivity contribution is 0.0976. The number of anilines is 1. The average molecular weight is 551 g/mol. The SMILES string of the molecule is CCOc1cc(C(=O)NC(=S)Nc2nc(-c3ccc(Br)cc3)cs2)cc(OCC)c1OCC. The molecule has 3 aromatic rings. The lowest BCUT2D eigenvalue weighted by Gasteiger charge is -2.17. The molecular formula is C23H24BrN3O4S2. The third-order valence-corrected chi connectivity index (χ3v) is 5.75. The molecule has 174 valence electrons. The van der Waals surface area contributed by atoms with Gasteiger partial charge in [-0.2, -0.15) is 0 Å². The van der Waals surface area contributed by atoms with Crippen LogP contribution in [0, 0.1) is 0 Å². The van der Waals surface area contributed by atoms with Gasteiger partial charge in [0, 0.05) is 21.0 Å². The Labute approximate surface area is 210 Å². The van der Waals surface area contributed by atoms with Crippen molar-refractivity contribution in [3.63, 3.8) is 0 Å². The van der Waals surface area contributed by atoms with Gasteiger partial charge in [0.2, 0.25) is 5.75 Å². The van der Waals surface area contributed by atoms with Gasteiger partial charge >= 0.3 is 0 Å². The van der Waals surface area contributed by atoms with E-state index in [4.69, 9.17) is 26.4 Å². The summed E-state index contributed by atoms with van der Waals surface area (Å²) in [6, 6.07) is 11.1.